The number of carbonyl (C=O) groups excluding carboxylic acids is 1. The van der Waals surface area contributed by atoms with Gasteiger partial charge in [-0.05, 0) is 32.1 Å². The topological polar surface area (TPSA) is 89.8 Å². The molecule has 0 fully saturated rings. The molecule has 0 aliphatic heterocycles. The van der Waals surface area contributed by atoms with Gasteiger partial charge in [-0.2, -0.15) is 0 Å². The Kier molecular flexibility index (Phi) is 39.6. The van der Waals surface area contributed by atoms with Crippen molar-refractivity contribution >= 4 is 5.91 Å². The van der Waals surface area contributed by atoms with Gasteiger partial charge in [0.05, 0.1) is 18.8 Å². The van der Waals surface area contributed by atoms with Crippen molar-refractivity contribution in [3.63, 3.8) is 0 Å². The molecule has 0 saturated heterocycles. The largest absolute Gasteiger partial charge is 0.394 e. The third kappa shape index (κ3) is 35.2. The Morgan fingerprint density at radius 1 is 0.480 bits per heavy atom. The lowest BCUT2D eigenvalue weighted by atomic mass is 10.0. The molecule has 4 N–H and O–H groups in total. The van der Waals surface area contributed by atoms with Crippen molar-refractivity contribution in [1.29, 1.82) is 0 Å². The highest BCUT2D eigenvalue weighted by Crippen LogP contribution is 2.16. The third-order valence-corrected chi connectivity index (χ3v) is 10.3. The van der Waals surface area contributed by atoms with Gasteiger partial charge >= 0.3 is 0 Å². The average Bonchev–Trinajstić information content (AvgIpc) is 3.12. The smallest absolute Gasteiger partial charge is 0.249 e. The van der Waals surface area contributed by atoms with Crippen molar-refractivity contribution in [2.45, 2.75) is 250 Å². The van der Waals surface area contributed by atoms with Crippen LogP contribution in [0.4, 0.5) is 0 Å². The summed E-state index contributed by atoms with van der Waals surface area (Å²) in [5.41, 5.74) is 0. The van der Waals surface area contributed by atoms with Crippen LogP contribution in [0.25, 0.3) is 0 Å². The predicted octanol–water partition coefficient (Wildman–Crippen LogP) is 12.6. The van der Waals surface area contributed by atoms with Gasteiger partial charge in [-0.15, -0.1) is 0 Å². The number of aliphatic hydroxyl groups excluding tert-OH is 3. The van der Waals surface area contributed by atoms with Gasteiger partial charge in [0.1, 0.15) is 6.10 Å². The molecule has 5 nitrogen and oxygen atoms in total. The summed E-state index contributed by atoms with van der Waals surface area (Å²) in [5, 5.41) is 33.1. The molecule has 0 bridgehead atoms. The summed E-state index contributed by atoms with van der Waals surface area (Å²) in [6, 6.07) is -0.810. The van der Waals surface area contributed by atoms with Crippen LogP contribution in [-0.4, -0.2) is 46.1 Å². The van der Waals surface area contributed by atoms with Crippen LogP contribution < -0.4 is 5.32 Å². The van der Waals surface area contributed by atoms with Gasteiger partial charge in [-0.1, -0.05) is 224 Å². The maximum absolute atomic E-state index is 12.4. The van der Waals surface area contributed by atoms with Crippen LogP contribution >= 0.6 is 0 Å². The zero-order valence-electron chi connectivity index (χ0n) is 33.5. The highest BCUT2D eigenvalue weighted by Gasteiger charge is 2.22. The van der Waals surface area contributed by atoms with E-state index in [-0.39, 0.29) is 6.61 Å². The molecule has 0 saturated carbocycles. The second-order valence-electron chi connectivity index (χ2n) is 15.3. The number of hydrogen-bond donors (Lipinski definition) is 4. The molecule has 296 valence electrons. The molecular formula is C45H87NO4. The van der Waals surface area contributed by atoms with Crippen LogP contribution in [0.5, 0.6) is 0 Å². The second-order valence-corrected chi connectivity index (χ2v) is 15.3. The van der Waals surface area contributed by atoms with Crippen LogP contribution in [-0.2, 0) is 4.79 Å². The van der Waals surface area contributed by atoms with Crippen molar-refractivity contribution < 1.29 is 20.1 Å². The minimum Gasteiger partial charge on any atom is -0.394 e. The van der Waals surface area contributed by atoms with E-state index in [9.17, 15) is 20.1 Å². The van der Waals surface area contributed by atoms with E-state index < -0.39 is 24.2 Å². The summed E-state index contributed by atoms with van der Waals surface area (Å²) in [6.45, 7) is 4.17. The van der Waals surface area contributed by atoms with Crippen LogP contribution in [0.3, 0.4) is 0 Å². The first-order chi connectivity index (χ1) is 24.6. The Bertz CT molecular complexity index is 739. The van der Waals surface area contributed by atoms with Crippen LogP contribution in [0.1, 0.15) is 232 Å². The fourth-order valence-corrected chi connectivity index (χ4v) is 6.79. The molecule has 0 aromatic carbocycles. The van der Waals surface area contributed by atoms with Gasteiger partial charge < -0.3 is 20.6 Å². The van der Waals surface area contributed by atoms with E-state index in [1.807, 2.05) is 6.08 Å². The summed E-state index contributed by atoms with van der Waals surface area (Å²) in [7, 11) is 0. The summed E-state index contributed by atoms with van der Waals surface area (Å²) in [4.78, 5) is 12.4. The summed E-state index contributed by atoms with van der Waals surface area (Å²) < 4.78 is 0. The molecule has 0 rings (SSSR count). The number of carbonyl (C=O) groups is 1. The lowest BCUT2D eigenvalue weighted by molar-refractivity contribution is -0.131. The van der Waals surface area contributed by atoms with Crippen molar-refractivity contribution in [2.75, 3.05) is 6.61 Å². The van der Waals surface area contributed by atoms with Crippen molar-refractivity contribution in [3.05, 3.63) is 24.3 Å². The van der Waals surface area contributed by atoms with Gasteiger partial charge in [-0.3, -0.25) is 4.79 Å². The number of allylic oxidation sites excluding steroid dienone is 3. The second kappa shape index (κ2) is 40.6. The maximum Gasteiger partial charge on any atom is 0.249 e. The summed E-state index contributed by atoms with van der Waals surface area (Å²) in [6.07, 6.45) is 49.3. The number of rotatable bonds is 40. The van der Waals surface area contributed by atoms with E-state index in [1.54, 1.807) is 6.08 Å². The number of nitrogens with one attached hydrogen (secondary N) is 1. The van der Waals surface area contributed by atoms with Crippen LogP contribution in [0, 0.1) is 0 Å². The first-order valence-corrected chi connectivity index (χ1v) is 22.2. The first-order valence-electron chi connectivity index (χ1n) is 22.2. The quantitative estimate of drug-likeness (QED) is 0.0377. The fraction of sp³-hybridized carbons (Fsp3) is 0.889. The molecular weight excluding hydrogens is 618 g/mol. The Morgan fingerprint density at radius 3 is 1.22 bits per heavy atom. The van der Waals surface area contributed by atoms with Gasteiger partial charge in [0.2, 0.25) is 5.91 Å². The molecule has 3 atom stereocenters. The number of amides is 1. The zero-order chi connectivity index (χ0) is 36.6. The van der Waals surface area contributed by atoms with Gasteiger partial charge in [0.25, 0.3) is 0 Å². The lowest BCUT2D eigenvalue weighted by Crippen LogP contribution is -2.48. The van der Waals surface area contributed by atoms with E-state index in [2.05, 4.69) is 31.3 Å². The Morgan fingerprint density at radius 2 is 0.820 bits per heavy atom. The first kappa shape index (κ1) is 48.8. The lowest BCUT2D eigenvalue weighted by Gasteiger charge is -2.21. The molecule has 0 aliphatic rings. The molecule has 0 heterocycles. The number of hydrogen-bond acceptors (Lipinski definition) is 4. The normalized spacial score (nSPS) is 13.8. The average molecular weight is 706 g/mol. The van der Waals surface area contributed by atoms with Crippen molar-refractivity contribution in [2.24, 2.45) is 0 Å². The van der Waals surface area contributed by atoms with E-state index >= 15 is 0 Å². The highest BCUT2D eigenvalue weighted by atomic mass is 16.3. The highest BCUT2D eigenvalue weighted by molar-refractivity contribution is 5.80. The van der Waals surface area contributed by atoms with Gasteiger partial charge in [0, 0.05) is 0 Å². The molecule has 0 aromatic rings. The maximum atomic E-state index is 12.4. The molecule has 50 heavy (non-hydrogen) atoms. The minimum atomic E-state index is -1.10. The molecule has 5 heteroatoms. The van der Waals surface area contributed by atoms with E-state index in [0.29, 0.717) is 6.42 Å². The molecule has 1 amide bonds. The Labute approximate surface area is 312 Å². The fourth-order valence-electron chi connectivity index (χ4n) is 6.79. The number of unbranched alkanes of at least 4 members (excludes halogenated alkanes) is 30. The summed E-state index contributed by atoms with van der Waals surface area (Å²) >= 11 is 0. The minimum absolute atomic E-state index is 0.373. The molecule has 0 spiro atoms. The molecule has 0 radical (unpaired) electrons. The number of aliphatic hydroxyl groups is 3. The Hall–Kier alpha value is -1.17. The van der Waals surface area contributed by atoms with Gasteiger partial charge in [0.15, 0.2) is 0 Å². The third-order valence-electron chi connectivity index (χ3n) is 10.3. The van der Waals surface area contributed by atoms with Crippen molar-refractivity contribution in [1.82, 2.24) is 5.32 Å². The van der Waals surface area contributed by atoms with Crippen molar-refractivity contribution in [3.8, 4) is 0 Å². The SMILES string of the molecule is CCCCCCCCCCCCCCCCCCC/C=C/CC/C=C/C(O)C(CO)NC(=O)C(O)CCCCCCCCCCCCCCC. The van der Waals surface area contributed by atoms with E-state index in [4.69, 9.17) is 0 Å². The van der Waals surface area contributed by atoms with Crippen LogP contribution in [0.15, 0.2) is 24.3 Å². The van der Waals surface area contributed by atoms with E-state index in [0.717, 1.165) is 38.5 Å². The van der Waals surface area contributed by atoms with Crippen LogP contribution in [0.2, 0.25) is 0 Å². The molecule has 0 aliphatic carbocycles. The zero-order valence-corrected chi connectivity index (χ0v) is 33.5. The van der Waals surface area contributed by atoms with E-state index in [1.165, 1.54) is 173 Å². The Balaban J connectivity index is 3.67. The predicted molar refractivity (Wildman–Crippen MR) is 218 cm³/mol. The van der Waals surface area contributed by atoms with Gasteiger partial charge in [-0.25, -0.2) is 0 Å². The summed E-state index contributed by atoms with van der Waals surface area (Å²) in [5.74, 6) is -0.511. The molecule has 0 aromatic heterocycles. The standard InChI is InChI=1S/C45H87NO4/c1-3-5-7-9-11-13-15-17-18-19-20-21-22-23-24-25-26-28-29-31-33-35-37-39-43(48)42(41-47)46-45(50)44(49)40-38-36-34-32-30-27-16-14-12-10-8-6-4-2/h29,31,37,39,42-44,47-49H,3-28,30,32-36,38,40-41H2,1-2H3,(H,46,50)/b31-29+,39-37+. The monoisotopic (exact) mass is 706 g/mol. The molecule has 3 unspecified atom stereocenters.